The first-order valence-corrected chi connectivity index (χ1v) is 11.0. The molecule has 1 unspecified atom stereocenters. The molecule has 170 valence electrons. The lowest BCUT2D eigenvalue weighted by Crippen LogP contribution is -2.43. The van der Waals surface area contributed by atoms with Crippen LogP contribution in [0.5, 0.6) is 0 Å². The van der Waals surface area contributed by atoms with Crippen LogP contribution < -0.4 is 21.9 Å². The number of aliphatic carboxylic acids is 2. The van der Waals surface area contributed by atoms with E-state index in [0.717, 1.165) is 11.3 Å². The molecule has 2 aromatic heterocycles. The van der Waals surface area contributed by atoms with Crippen LogP contribution in [0.25, 0.3) is 0 Å². The second-order valence-electron chi connectivity index (χ2n) is 8.17. The van der Waals surface area contributed by atoms with E-state index in [1.54, 1.807) is 6.07 Å². The SMILES string of the molecule is Nc1nc2c(c(=O)[nH]1)CC(CCc1ccc(C(=O)N[C@H](C(=O)O)[C@H]3C[C@@H]3C(=O)O)s1)CN2. The van der Waals surface area contributed by atoms with Gasteiger partial charge in [-0.15, -0.1) is 11.3 Å². The van der Waals surface area contributed by atoms with Gasteiger partial charge in [0, 0.05) is 17.3 Å². The minimum absolute atomic E-state index is 0.0781. The number of carboxylic acid groups (broad SMARTS) is 2. The molecule has 1 amide bonds. The Kier molecular flexibility index (Phi) is 5.87. The van der Waals surface area contributed by atoms with E-state index in [0.29, 0.717) is 35.6 Å². The number of nitrogens with one attached hydrogen (secondary N) is 3. The van der Waals surface area contributed by atoms with Crippen LogP contribution in [0.15, 0.2) is 16.9 Å². The summed E-state index contributed by atoms with van der Waals surface area (Å²) in [6.45, 7) is 0.661. The molecule has 32 heavy (non-hydrogen) atoms. The lowest BCUT2D eigenvalue weighted by atomic mass is 9.92. The first kappa shape index (κ1) is 21.8. The highest BCUT2D eigenvalue weighted by atomic mass is 32.1. The molecule has 0 radical (unpaired) electrons. The number of carbonyl (C=O) groups is 3. The highest BCUT2D eigenvalue weighted by Crippen LogP contribution is 2.41. The molecule has 1 aliphatic heterocycles. The Morgan fingerprint density at radius 1 is 1.31 bits per heavy atom. The van der Waals surface area contributed by atoms with E-state index in [2.05, 4.69) is 20.6 Å². The molecule has 1 fully saturated rings. The van der Waals surface area contributed by atoms with E-state index in [1.165, 1.54) is 11.3 Å². The van der Waals surface area contributed by atoms with Crippen molar-refractivity contribution in [3.8, 4) is 0 Å². The van der Waals surface area contributed by atoms with Gasteiger partial charge >= 0.3 is 11.9 Å². The number of amides is 1. The zero-order valence-electron chi connectivity index (χ0n) is 17.0. The number of aryl methyl sites for hydroxylation is 1. The van der Waals surface area contributed by atoms with Crippen molar-refractivity contribution in [3.63, 3.8) is 0 Å². The molecule has 1 aliphatic carbocycles. The van der Waals surface area contributed by atoms with Crippen molar-refractivity contribution < 1.29 is 24.6 Å². The molecule has 0 aromatic carbocycles. The molecule has 1 saturated carbocycles. The summed E-state index contributed by atoms with van der Waals surface area (Å²) in [6.07, 6.45) is 2.31. The van der Waals surface area contributed by atoms with Crippen LogP contribution in [0.1, 0.15) is 33.0 Å². The number of fused-ring (bicyclic) bond motifs is 1. The van der Waals surface area contributed by atoms with Gasteiger partial charge < -0.3 is 26.6 Å². The number of nitrogens with two attached hydrogens (primary N) is 1. The lowest BCUT2D eigenvalue weighted by Gasteiger charge is -2.24. The maximum Gasteiger partial charge on any atom is 0.326 e. The van der Waals surface area contributed by atoms with Gasteiger partial charge in [0.1, 0.15) is 11.9 Å². The number of aromatic amines is 1. The van der Waals surface area contributed by atoms with Crippen LogP contribution in [0, 0.1) is 17.8 Å². The average Bonchev–Trinajstić information content (AvgIpc) is 3.39. The van der Waals surface area contributed by atoms with Crippen LogP contribution in [0.3, 0.4) is 0 Å². The number of carbonyl (C=O) groups excluding carboxylic acids is 1. The number of hydrogen-bond acceptors (Lipinski definition) is 8. The fourth-order valence-corrected chi connectivity index (χ4v) is 4.99. The lowest BCUT2D eigenvalue weighted by molar-refractivity contribution is -0.141. The fourth-order valence-electron chi connectivity index (χ4n) is 4.07. The Labute approximate surface area is 186 Å². The Bertz CT molecular complexity index is 1130. The second kappa shape index (κ2) is 8.61. The van der Waals surface area contributed by atoms with Crippen molar-refractivity contribution in [2.75, 3.05) is 17.6 Å². The summed E-state index contributed by atoms with van der Waals surface area (Å²) >= 11 is 1.27. The van der Waals surface area contributed by atoms with Crippen molar-refractivity contribution in [3.05, 3.63) is 37.8 Å². The maximum atomic E-state index is 12.5. The standard InChI is InChI=1S/C20H23N5O6S/c21-20-24-15-12(16(26)25-20)5-8(7-22-15)1-2-9-3-4-13(32-9)17(27)23-14(19(30)31)10-6-11(10)18(28)29/h3-4,8,10-11,14H,1-2,5-7H2,(H,23,27)(H,28,29)(H,30,31)(H4,21,22,24,25,26)/t8?,10-,11-,14-/m0/s1. The number of nitrogen functional groups attached to an aromatic ring is 1. The van der Waals surface area contributed by atoms with Crippen LogP contribution >= 0.6 is 11.3 Å². The van der Waals surface area contributed by atoms with Crippen molar-refractivity contribution in [1.29, 1.82) is 0 Å². The molecule has 3 heterocycles. The van der Waals surface area contributed by atoms with Gasteiger partial charge in [0.05, 0.1) is 16.4 Å². The summed E-state index contributed by atoms with van der Waals surface area (Å²) in [4.78, 5) is 55.1. The topological polar surface area (TPSA) is 187 Å². The number of carboxylic acids is 2. The van der Waals surface area contributed by atoms with Gasteiger partial charge in [-0.05, 0) is 43.7 Å². The largest absolute Gasteiger partial charge is 0.481 e. The van der Waals surface area contributed by atoms with Gasteiger partial charge in [-0.2, -0.15) is 4.98 Å². The summed E-state index contributed by atoms with van der Waals surface area (Å²) in [5, 5.41) is 24.0. The van der Waals surface area contributed by atoms with E-state index >= 15 is 0 Å². The van der Waals surface area contributed by atoms with E-state index in [9.17, 15) is 24.3 Å². The van der Waals surface area contributed by atoms with Gasteiger partial charge in [0.25, 0.3) is 11.5 Å². The molecule has 2 aromatic rings. The average molecular weight is 462 g/mol. The molecule has 12 heteroatoms. The third-order valence-corrected chi connectivity index (χ3v) is 7.05. The number of anilines is 2. The summed E-state index contributed by atoms with van der Waals surface area (Å²) in [5.41, 5.74) is 5.91. The quantitative estimate of drug-likeness (QED) is 0.326. The van der Waals surface area contributed by atoms with Gasteiger partial charge in [0.2, 0.25) is 5.95 Å². The predicted molar refractivity (Wildman–Crippen MR) is 116 cm³/mol. The number of rotatable bonds is 8. The smallest absolute Gasteiger partial charge is 0.326 e. The number of aromatic nitrogens is 2. The molecule has 2 aliphatic rings. The maximum absolute atomic E-state index is 12.5. The number of H-pyrrole nitrogens is 1. The van der Waals surface area contributed by atoms with Crippen LogP contribution in [0.2, 0.25) is 0 Å². The monoisotopic (exact) mass is 461 g/mol. The van der Waals surface area contributed by atoms with Crippen LogP contribution in [-0.2, 0) is 22.4 Å². The van der Waals surface area contributed by atoms with E-state index in [1.807, 2.05) is 6.07 Å². The Morgan fingerprint density at radius 3 is 2.78 bits per heavy atom. The summed E-state index contributed by atoms with van der Waals surface area (Å²) in [7, 11) is 0. The minimum atomic E-state index is -1.24. The zero-order valence-corrected chi connectivity index (χ0v) is 17.8. The van der Waals surface area contributed by atoms with E-state index in [4.69, 9.17) is 10.8 Å². The second-order valence-corrected chi connectivity index (χ2v) is 9.34. The van der Waals surface area contributed by atoms with Crippen molar-refractivity contribution in [2.24, 2.45) is 17.8 Å². The zero-order chi connectivity index (χ0) is 23.0. The Morgan fingerprint density at radius 2 is 2.09 bits per heavy atom. The van der Waals surface area contributed by atoms with Crippen molar-refractivity contribution >= 4 is 40.9 Å². The summed E-state index contributed by atoms with van der Waals surface area (Å²) in [6, 6.07) is 2.25. The van der Waals surface area contributed by atoms with E-state index in [-0.39, 0.29) is 23.8 Å². The molecular formula is C20H23N5O6S. The summed E-state index contributed by atoms with van der Waals surface area (Å²) < 4.78 is 0. The molecular weight excluding hydrogens is 438 g/mol. The molecule has 0 bridgehead atoms. The third kappa shape index (κ3) is 4.59. The molecule has 0 spiro atoms. The number of nitrogens with zero attached hydrogens (tertiary/aromatic N) is 1. The molecule has 7 N–H and O–H groups in total. The predicted octanol–water partition coefficient (Wildman–Crippen LogP) is 0.534. The van der Waals surface area contributed by atoms with Crippen molar-refractivity contribution in [2.45, 2.75) is 31.7 Å². The van der Waals surface area contributed by atoms with Gasteiger partial charge in [0.15, 0.2) is 0 Å². The first-order chi connectivity index (χ1) is 15.2. The van der Waals surface area contributed by atoms with Gasteiger partial charge in [-0.25, -0.2) is 4.79 Å². The van der Waals surface area contributed by atoms with Crippen LogP contribution in [0.4, 0.5) is 11.8 Å². The highest BCUT2D eigenvalue weighted by molar-refractivity contribution is 7.14. The van der Waals surface area contributed by atoms with E-state index < -0.39 is 35.7 Å². The third-order valence-electron chi connectivity index (χ3n) is 5.91. The fraction of sp³-hybridized carbons (Fsp3) is 0.450. The van der Waals surface area contributed by atoms with Crippen LogP contribution in [-0.4, -0.2) is 50.6 Å². The normalized spacial score (nSPS) is 22.3. The van der Waals surface area contributed by atoms with Crippen molar-refractivity contribution in [1.82, 2.24) is 15.3 Å². The molecule has 0 saturated heterocycles. The molecule has 4 rings (SSSR count). The molecule has 4 atom stereocenters. The Hall–Kier alpha value is -3.41. The first-order valence-electron chi connectivity index (χ1n) is 10.2. The number of thiophene rings is 1. The number of hydrogen-bond donors (Lipinski definition) is 6. The Balaban J connectivity index is 1.33. The van der Waals surface area contributed by atoms with Gasteiger partial charge in [-0.3, -0.25) is 19.4 Å². The summed E-state index contributed by atoms with van der Waals surface area (Å²) in [5.74, 6) is -3.32. The minimum Gasteiger partial charge on any atom is -0.481 e. The molecule has 11 nitrogen and oxygen atoms in total. The highest BCUT2D eigenvalue weighted by Gasteiger charge is 2.51. The van der Waals surface area contributed by atoms with Gasteiger partial charge in [-0.1, -0.05) is 0 Å².